The van der Waals surface area contributed by atoms with Crippen molar-refractivity contribution in [2.75, 3.05) is 40.0 Å². The van der Waals surface area contributed by atoms with E-state index in [1.54, 1.807) is 7.05 Å². The predicted molar refractivity (Wildman–Crippen MR) is 90.7 cm³/mol. The molecule has 1 atom stereocenters. The Hall–Kier alpha value is -1.60. The Kier molecular flexibility index (Phi) is 7.89. The fraction of sp³-hybridized carbons (Fsp3) is 0.750. The van der Waals surface area contributed by atoms with Crippen LogP contribution in [0.4, 0.5) is 0 Å². The second-order valence-corrected chi connectivity index (χ2v) is 5.76. The predicted octanol–water partition coefficient (Wildman–Crippen LogP) is 0.713. The summed E-state index contributed by atoms with van der Waals surface area (Å²) in [6, 6.07) is 0. The van der Waals surface area contributed by atoms with Crippen LogP contribution in [-0.2, 0) is 22.9 Å². The molecule has 7 heteroatoms. The first-order chi connectivity index (χ1) is 11.3. The molecule has 7 nitrogen and oxygen atoms in total. The van der Waals surface area contributed by atoms with E-state index in [0.717, 1.165) is 64.6 Å². The highest BCUT2D eigenvalue weighted by atomic mass is 16.5. The number of rotatable bonds is 9. The van der Waals surface area contributed by atoms with Gasteiger partial charge in [-0.1, -0.05) is 0 Å². The number of aromatic nitrogens is 2. The van der Waals surface area contributed by atoms with Gasteiger partial charge >= 0.3 is 0 Å². The zero-order chi connectivity index (χ0) is 16.3. The Balaban J connectivity index is 1.47. The van der Waals surface area contributed by atoms with Crippen molar-refractivity contribution in [2.24, 2.45) is 12.0 Å². The zero-order valence-corrected chi connectivity index (χ0v) is 14.3. The quantitative estimate of drug-likeness (QED) is 0.398. The third-order valence-electron chi connectivity index (χ3n) is 3.77. The van der Waals surface area contributed by atoms with Crippen LogP contribution in [0.15, 0.2) is 17.4 Å². The lowest BCUT2D eigenvalue weighted by Crippen LogP contribution is -2.38. The largest absolute Gasteiger partial charge is 0.379 e. The number of guanidine groups is 1. The molecular weight excluding hydrogens is 294 g/mol. The molecule has 1 unspecified atom stereocenters. The van der Waals surface area contributed by atoms with E-state index in [-0.39, 0.29) is 0 Å². The molecule has 130 valence electrons. The number of hydrogen-bond donors (Lipinski definition) is 2. The maximum absolute atomic E-state index is 5.73. The first kappa shape index (κ1) is 17.7. The van der Waals surface area contributed by atoms with Gasteiger partial charge in [0, 0.05) is 46.6 Å². The molecule has 0 radical (unpaired) electrons. The summed E-state index contributed by atoms with van der Waals surface area (Å²) in [5.74, 6) is 0.848. The van der Waals surface area contributed by atoms with E-state index in [9.17, 15) is 0 Å². The standard InChI is InChI=1S/C16H29N5O2/c1-17-16(18-7-3-5-14-11-20-21(2)12-14)19-8-4-9-23-15-6-10-22-13-15/h11-12,15H,3-10,13H2,1-2H3,(H2,17,18,19). The van der Waals surface area contributed by atoms with E-state index in [2.05, 4.69) is 26.9 Å². The fourth-order valence-corrected chi connectivity index (χ4v) is 2.49. The number of nitrogens with one attached hydrogen (secondary N) is 2. The Morgan fingerprint density at radius 3 is 2.91 bits per heavy atom. The second-order valence-electron chi connectivity index (χ2n) is 5.76. The lowest BCUT2D eigenvalue weighted by molar-refractivity contribution is 0.0420. The van der Waals surface area contributed by atoms with Crippen molar-refractivity contribution in [3.05, 3.63) is 18.0 Å². The Morgan fingerprint density at radius 2 is 2.26 bits per heavy atom. The molecule has 0 aliphatic carbocycles. The van der Waals surface area contributed by atoms with Gasteiger partial charge in [-0.3, -0.25) is 9.67 Å². The van der Waals surface area contributed by atoms with Gasteiger partial charge in [-0.25, -0.2) is 0 Å². The Morgan fingerprint density at radius 1 is 1.43 bits per heavy atom. The summed E-state index contributed by atoms with van der Waals surface area (Å²) < 4.78 is 12.9. The molecule has 2 heterocycles. The summed E-state index contributed by atoms with van der Waals surface area (Å²) in [6.45, 7) is 4.09. The van der Waals surface area contributed by atoms with E-state index < -0.39 is 0 Å². The molecule has 0 spiro atoms. The zero-order valence-electron chi connectivity index (χ0n) is 14.3. The number of ether oxygens (including phenoxy) is 2. The summed E-state index contributed by atoms with van der Waals surface area (Å²) in [6.07, 6.45) is 8.33. The van der Waals surface area contributed by atoms with Gasteiger partial charge in [0.25, 0.3) is 0 Å². The highest BCUT2D eigenvalue weighted by Gasteiger charge is 2.15. The van der Waals surface area contributed by atoms with Gasteiger partial charge < -0.3 is 20.1 Å². The lowest BCUT2D eigenvalue weighted by atomic mass is 10.2. The number of aliphatic imine (C=N–C) groups is 1. The Labute approximate surface area is 138 Å². The topological polar surface area (TPSA) is 72.7 Å². The van der Waals surface area contributed by atoms with Crippen molar-refractivity contribution in [1.82, 2.24) is 20.4 Å². The molecule has 1 saturated heterocycles. The third kappa shape index (κ3) is 7.00. The highest BCUT2D eigenvalue weighted by Crippen LogP contribution is 2.07. The summed E-state index contributed by atoms with van der Waals surface area (Å²) in [7, 11) is 3.74. The number of nitrogens with zero attached hydrogens (tertiary/aromatic N) is 3. The van der Waals surface area contributed by atoms with Crippen LogP contribution in [0.1, 0.15) is 24.8 Å². The maximum Gasteiger partial charge on any atom is 0.190 e. The molecule has 2 rings (SSSR count). The number of hydrogen-bond acceptors (Lipinski definition) is 4. The molecule has 0 bridgehead atoms. The maximum atomic E-state index is 5.73. The van der Waals surface area contributed by atoms with Gasteiger partial charge in [0.1, 0.15) is 0 Å². The Bertz CT molecular complexity index is 469. The van der Waals surface area contributed by atoms with E-state index in [4.69, 9.17) is 9.47 Å². The SMILES string of the molecule is CN=C(NCCCOC1CCOC1)NCCCc1cnn(C)c1. The van der Waals surface area contributed by atoms with Gasteiger partial charge in [-0.05, 0) is 31.2 Å². The number of aryl methyl sites for hydroxylation is 2. The van der Waals surface area contributed by atoms with Gasteiger partial charge in [-0.15, -0.1) is 0 Å². The minimum Gasteiger partial charge on any atom is -0.379 e. The van der Waals surface area contributed by atoms with Crippen LogP contribution in [-0.4, -0.2) is 61.8 Å². The van der Waals surface area contributed by atoms with Crippen molar-refractivity contribution in [2.45, 2.75) is 31.8 Å². The van der Waals surface area contributed by atoms with Crippen molar-refractivity contribution in [3.63, 3.8) is 0 Å². The van der Waals surface area contributed by atoms with Crippen molar-refractivity contribution in [1.29, 1.82) is 0 Å². The van der Waals surface area contributed by atoms with Crippen molar-refractivity contribution < 1.29 is 9.47 Å². The van der Waals surface area contributed by atoms with E-state index in [1.165, 1.54) is 5.56 Å². The first-order valence-corrected chi connectivity index (χ1v) is 8.39. The van der Waals surface area contributed by atoms with Crippen LogP contribution in [0, 0.1) is 0 Å². The van der Waals surface area contributed by atoms with Crippen LogP contribution in [0.2, 0.25) is 0 Å². The molecule has 0 saturated carbocycles. The molecule has 1 fully saturated rings. The highest BCUT2D eigenvalue weighted by molar-refractivity contribution is 5.79. The van der Waals surface area contributed by atoms with Crippen molar-refractivity contribution >= 4 is 5.96 Å². The van der Waals surface area contributed by atoms with E-state index in [0.29, 0.717) is 6.10 Å². The molecule has 1 aliphatic heterocycles. The second kappa shape index (κ2) is 10.2. The molecular formula is C16H29N5O2. The summed E-state index contributed by atoms with van der Waals surface area (Å²) >= 11 is 0. The summed E-state index contributed by atoms with van der Waals surface area (Å²) in [5.41, 5.74) is 1.27. The van der Waals surface area contributed by atoms with Gasteiger partial charge in [0.2, 0.25) is 0 Å². The van der Waals surface area contributed by atoms with Gasteiger partial charge in [-0.2, -0.15) is 5.10 Å². The smallest absolute Gasteiger partial charge is 0.190 e. The molecule has 0 aromatic carbocycles. The summed E-state index contributed by atoms with van der Waals surface area (Å²) in [4.78, 5) is 4.23. The molecule has 23 heavy (non-hydrogen) atoms. The molecule has 1 aromatic heterocycles. The lowest BCUT2D eigenvalue weighted by Gasteiger charge is -2.13. The monoisotopic (exact) mass is 323 g/mol. The first-order valence-electron chi connectivity index (χ1n) is 8.39. The van der Waals surface area contributed by atoms with Crippen LogP contribution < -0.4 is 10.6 Å². The minimum atomic E-state index is 0.292. The normalized spacial score (nSPS) is 18.3. The van der Waals surface area contributed by atoms with Crippen LogP contribution >= 0.6 is 0 Å². The molecule has 0 amide bonds. The van der Waals surface area contributed by atoms with Crippen LogP contribution in [0.25, 0.3) is 0 Å². The van der Waals surface area contributed by atoms with Crippen LogP contribution in [0.5, 0.6) is 0 Å². The van der Waals surface area contributed by atoms with Crippen molar-refractivity contribution in [3.8, 4) is 0 Å². The third-order valence-corrected chi connectivity index (χ3v) is 3.77. The fourth-order valence-electron chi connectivity index (χ4n) is 2.49. The molecule has 1 aromatic rings. The molecule has 2 N–H and O–H groups in total. The average molecular weight is 323 g/mol. The summed E-state index contributed by atoms with van der Waals surface area (Å²) in [5, 5.41) is 10.8. The van der Waals surface area contributed by atoms with E-state index >= 15 is 0 Å². The molecule has 1 aliphatic rings. The van der Waals surface area contributed by atoms with E-state index in [1.807, 2.05) is 17.9 Å². The van der Waals surface area contributed by atoms with Crippen LogP contribution in [0.3, 0.4) is 0 Å². The van der Waals surface area contributed by atoms with Gasteiger partial charge in [0.05, 0.1) is 18.9 Å². The average Bonchev–Trinajstić information content (AvgIpc) is 3.20. The van der Waals surface area contributed by atoms with Gasteiger partial charge in [0.15, 0.2) is 5.96 Å². The minimum absolute atomic E-state index is 0.292.